The summed E-state index contributed by atoms with van der Waals surface area (Å²) in [5, 5.41) is 8.32. The Morgan fingerprint density at radius 2 is 2.35 bits per heavy atom. The van der Waals surface area contributed by atoms with Crippen molar-refractivity contribution in [1.82, 2.24) is 5.32 Å². The fraction of sp³-hybridized carbons (Fsp3) is 0.462. The molecule has 92 valence electrons. The van der Waals surface area contributed by atoms with Gasteiger partial charge in [0.05, 0.1) is 11.7 Å². The minimum absolute atomic E-state index is 0.0513. The highest BCUT2D eigenvalue weighted by Crippen LogP contribution is 2.27. The zero-order chi connectivity index (χ0) is 12.4. The van der Waals surface area contributed by atoms with Crippen molar-refractivity contribution < 1.29 is 4.79 Å². The molecule has 0 bridgehead atoms. The molecule has 1 atom stereocenters. The van der Waals surface area contributed by atoms with Crippen LogP contribution < -0.4 is 10.6 Å². The van der Waals surface area contributed by atoms with Crippen LogP contribution in [0.2, 0.25) is 0 Å². The van der Waals surface area contributed by atoms with Crippen LogP contribution in [0.15, 0.2) is 17.5 Å². The second-order valence-electron chi connectivity index (χ2n) is 4.55. The summed E-state index contributed by atoms with van der Waals surface area (Å²) in [5.74, 6) is 0.0513. The van der Waals surface area contributed by atoms with Crippen LogP contribution in [-0.4, -0.2) is 18.5 Å². The molecule has 3 nitrogen and oxygen atoms in total. The fourth-order valence-corrected chi connectivity index (χ4v) is 2.84. The summed E-state index contributed by atoms with van der Waals surface area (Å²) in [6.07, 6.45) is 1.72. The van der Waals surface area contributed by atoms with E-state index < -0.39 is 0 Å². The predicted molar refractivity (Wildman–Crippen MR) is 72.6 cm³/mol. The van der Waals surface area contributed by atoms with Gasteiger partial charge in [-0.3, -0.25) is 4.79 Å². The largest absolute Gasteiger partial charge is 0.323 e. The van der Waals surface area contributed by atoms with Crippen molar-refractivity contribution in [3.05, 3.63) is 28.0 Å². The lowest BCUT2D eigenvalue weighted by Gasteiger charge is -2.24. The number of thiophene rings is 1. The Labute approximate surface area is 106 Å². The third-order valence-electron chi connectivity index (χ3n) is 3.09. The van der Waals surface area contributed by atoms with Gasteiger partial charge in [-0.05, 0) is 44.2 Å². The van der Waals surface area contributed by atoms with Crippen molar-refractivity contribution in [2.24, 2.45) is 0 Å². The van der Waals surface area contributed by atoms with Crippen molar-refractivity contribution >= 4 is 22.9 Å². The molecule has 2 heterocycles. The molecule has 0 saturated carbocycles. The van der Waals surface area contributed by atoms with E-state index in [2.05, 4.69) is 22.6 Å². The third-order valence-corrected chi connectivity index (χ3v) is 4.11. The van der Waals surface area contributed by atoms with Gasteiger partial charge in [-0.15, -0.1) is 11.3 Å². The zero-order valence-corrected chi connectivity index (χ0v) is 11.1. The Morgan fingerprint density at radius 1 is 1.59 bits per heavy atom. The fourth-order valence-electron chi connectivity index (χ4n) is 2.04. The average molecular weight is 250 g/mol. The van der Waals surface area contributed by atoms with E-state index in [1.165, 1.54) is 0 Å². The third kappa shape index (κ3) is 2.76. The minimum Gasteiger partial charge on any atom is -0.323 e. The molecule has 1 aliphatic heterocycles. The summed E-state index contributed by atoms with van der Waals surface area (Å²) >= 11 is 1.67. The van der Waals surface area contributed by atoms with Crippen LogP contribution in [0.25, 0.3) is 0 Å². The first-order chi connectivity index (χ1) is 8.08. The van der Waals surface area contributed by atoms with E-state index in [-0.39, 0.29) is 11.9 Å². The molecule has 1 amide bonds. The molecule has 4 heteroatoms. The molecule has 1 unspecified atom stereocenters. The van der Waals surface area contributed by atoms with Crippen LogP contribution in [-0.2, 0) is 4.79 Å². The van der Waals surface area contributed by atoms with Crippen LogP contribution >= 0.6 is 11.3 Å². The van der Waals surface area contributed by atoms with Crippen molar-refractivity contribution in [1.29, 1.82) is 0 Å². The number of carbonyl (C=O) groups is 1. The van der Waals surface area contributed by atoms with Gasteiger partial charge in [0.25, 0.3) is 0 Å². The summed E-state index contributed by atoms with van der Waals surface area (Å²) in [4.78, 5) is 13.3. The van der Waals surface area contributed by atoms with E-state index in [0.29, 0.717) is 0 Å². The molecule has 17 heavy (non-hydrogen) atoms. The molecular formula is C13H18N2OS. The Morgan fingerprint density at radius 3 is 2.94 bits per heavy atom. The van der Waals surface area contributed by atoms with Crippen molar-refractivity contribution in [2.45, 2.75) is 32.7 Å². The molecule has 1 aromatic heterocycles. The van der Waals surface area contributed by atoms with E-state index in [0.717, 1.165) is 41.1 Å². The molecule has 2 N–H and O–H groups in total. The average Bonchev–Trinajstić information content (AvgIpc) is 2.61. The number of carbonyl (C=O) groups excluding carboxylic acids is 1. The van der Waals surface area contributed by atoms with E-state index in [1.54, 1.807) is 11.3 Å². The summed E-state index contributed by atoms with van der Waals surface area (Å²) in [5.41, 5.74) is 3.26. The molecule has 1 aliphatic rings. The number of aryl methyl sites for hydroxylation is 2. The topological polar surface area (TPSA) is 41.1 Å². The number of amides is 1. The van der Waals surface area contributed by atoms with Gasteiger partial charge in [0.2, 0.25) is 5.91 Å². The van der Waals surface area contributed by atoms with Gasteiger partial charge in [-0.2, -0.15) is 0 Å². The Hall–Kier alpha value is -1.13. The zero-order valence-electron chi connectivity index (χ0n) is 10.3. The summed E-state index contributed by atoms with van der Waals surface area (Å²) in [7, 11) is 0. The quantitative estimate of drug-likeness (QED) is 0.792. The first-order valence-electron chi connectivity index (χ1n) is 5.83. The Balaban J connectivity index is 2.04. The number of hydrogen-bond acceptors (Lipinski definition) is 3. The highest BCUT2D eigenvalue weighted by atomic mass is 32.1. The van der Waals surface area contributed by atoms with Gasteiger partial charge < -0.3 is 10.6 Å². The number of nitrogens with one attached hydrogen (secondary N) is 2. The first kappa shape index (κ1) is 12.3. The molecule has 0 aromatic carbocycles. The SMILES string of the molecule is C=C1CCNC(C(=O)Nc2c(C)csc2C)C1. The van der Waals surface area contributed by atoms with E-state index in [4.69, 9.17) is 0 Å². The standard InChI is InChI=1S/C13H18N2OS/c1-8-4-5-14-11(6-8)13(16)15-12-9(2)7-17-10(12)3/h7,11,14H,1,4-6H2,2-3H3,(H,15,16). The summed E-state index contributed by atoms with van der Waals surface area (Å²) < 4.78 is 0. The van der Waals surface area contributed by atoms with Crippen LogP contribution in [0.1, 0.15) is 23.3 Å². The molecule has 1 saturated heterocycles. The maximum Gasteiger partial charge on any atom is 0.241 e. The Bertz CT molecular complexity index is 431. The van der Waals surface area contributed by atoms with Crippen molar-refractivity contribution in [3.63, 3.8) is 0 Å². The van der Waals surface area contributed by atoms with E-state index in [1.807, 2.05) is 13.8 Å². The van der Waals surface area contributed by atoms with E-state index >= 15 is 0 Å². The van der Waals surface area contributed by atoms with Crippen LogP contribution in [0.3, 0.4) is 0 Å². The maximum absolute atomic E-state index is 12.1. The number of anilines is 1. The highest BCUT2D eigenvalue weighted by Gasteiger charge is 2.23. The highest BCUT2D eigenvalue weighted by molar-refractivity contribution is 7.10. The van der Waals surface area contributed by atoms with Crippen molar-refractivity contribution in [3.8, 4) is 0 Å². The lowest BCUT2D eigenvalue weighted by Crippen LogP contribution is -2.44. The number of piperidine rings is 1. The molecule has 0 spiro atoms. The lowest BCUT2D eigenvalue weighted by atomic mass is 9.99. The van der Waals surface area contributed by atoms with Gasteiger partial charge in [-0.25, -0.2) is 0 Å². The molecule has 0 aliphatic carbocycles. The smallest absolute Gasteiger partial charge is 0.241 e. The van der Waals surface area contributed by atoms with Crippen LogP contribution in [0, 0.1) is 13.8 Å². The Kier molecular flexibility index (Phi) is 3.64. The maximum atomic E-state index is 12.1. The van der Waals surface area contributed by atoms with Crippen molar-refractivity contribution in [2.75, 3.05) is 11.9 Å². The van der Waals surface area contributed by atoms with Gasteiger partial charge in [-0.1, -0.05) is 12.2 Å². The monoisotopic (exact) mass is 250 g/mol. The van der Waals surface area contributed by atoms with Gasteiger partial charge >= 0.3 is 0 Å². The number of rotatable bonds is 2. The molecule has 1 aromatic rings. The predicted octanol–water partition coefficient (Wildman–Crippen LogP) is 2.61. The van der Waals surface area contributed by atoms with Gasteiger partial charge in [0.1, 0.15) is 0 Å². The van der Waals surface area contributed by atoms with Gasteiger partial charge in [0, 0.05) is 4.88 Å². The second kappa shape index (κ2) is 5.02. The minimum atomic E-state index is -0.130. The lowest BCUT2D eigenvalue weighted by molar-refractivity contribution is -0.118. The normalized spacial score (nSPS) is 20.4. The summed E-state index contributed by atoms with van der Waals surface area (Å²) in [6.45, 7) is 8.86. The van der Waals surface area contributed by atoms with Crippen LogP contribution in [0.5, 0.6) is 0 Å². The number of hydrogen-bond donors (Lipinski definition) is 2. The molecule has 1 fully saturated rings. The molecule has 0 radical (unpaired) electrons. The second-order valence-corrected chi connectivity index (χ2v) is 5.63. The van der Waals surface area contributed by atoms with Crippen LogP contribution in [0.4, 0.5) is 5.69 Å². The first-order valence-corrected chi connectivity index (χ1v) is 6.71. The molecular weight excluding hydrogens is 232 g/mol. The van der Waals surface area contributed by atoms with E-state index in [9.17, 15) is 4.79 Å². The summed E-state index contributed by atoms with van der Waals surface area (Å²) in [6, 6.07) is -0.130. The molecule has 2 rings (SSSR count). The van der Waals surface area contributed by atoms with Gasteiger partial charge in [0.15, 0.2) is 0 Å².